The minimum atomic E-state index is 1.02. The van der Waals surface area contributed by atoms with Gasteiger partial charge in [0.1, 0.15) is 6.34 Å². The molecule has 1 aliphatic rings. The molecule has 0 unspecified atom stereocenters. The maximum atomic E-state index is 4.32. The Morgan fingerprint density at radius 3 is 2.71 bits per heavy atom. The second-order valence-corrected chi connectivity index (χ2v) is 3.67. The molecule has 3 rings (SSSR count). The number of aliphatic imine (C=N–C) groups is 1. The van der Waals surface area contributed by atoms with E-state index in [9.17, 15) is 0 Å². The maximum Gasteiger partial charge on any atom is 0.106 e. The highest BCUT2D eigenvalue weighted by atomic mass is 32.1. The first kappa shape index (κ1) is 7.88. The van der Waals surface area contributed by atoms with Crippen molar-refractivity contribution in [1.82, 2.24) is 0 Å². The van der Waals surface area contributed by atoms with E-state index in [-0.39, 0.29) is 0 Å². The van der Waals surface area contributed by atoms with Gasteiger partial charge in [0, 0.05) is 5.39 Å². The third kappa shape index (κ3) is 0.960. The molecule has 0 aliphatic carbocycles. The minimum Gasteiger partial charge on any atom is -0.276 e. The Labute approximate surface area is 87.4 Å². The smallest absolute Gasteiger partial charge is 0.106 e. The van der Waals surface area contributed by atoms with E-state index in [1.165, 1.54) is 10.8 Å². The van der Waals surface area contributed by atoms with E-state index in [1.807, 2.05) is 24.3 Å². The number of anilines is 1. The molecule has 1 aliphatic heterocycles. The minimum absolute atomic E-state index is 1.02. The second-order valence-electron chi connectivity index (χ2n) is 3.24. The van der Waals surface area contributed by atoms with Crippen LogP contribution in [0.4, 0.5) is 11.4 Å². The number of rotatable bonds is 0. The summed E-state index contributed by atoms with van der Waals surface area (Å²) >= 11 is 4.32. The zero-order chi connectivity index (χ0) is 9.54. The fourth-order valence-corrected chi connectivity index (χ4v) is 2.00. The van der Waals surface area contributed by atoms with Crippen LogP contribution in [-0.4, -0.2) is 6.34 Å². The Kier molecular flexibility index (Phi) is 1.55. The van der Waals surface area contributed by atoms with Gasteiger partial charge in [0.25, 0.3) is 0 Å². The molecule has 0 aromatic heterocycles. The lowest BCUT2D eigenvalue weighted by Crippen LogP contribution is -2.09. The van der Waals surface area contributed by atoms with Crippen molar-refractivity contribution in [2.75, 3.05) is 4.31 Å². The zero-order valence-corrected chi connectivity index (χ0v) is 8.28. The summed E-state index contributed by atoms with van der Waals surface area (Å²) in [5.41, 5.74) is 2.11. The van der Waals surface area contributed by atoms with Crippen molar-refractivity contribution >= 4 is 41.3 Å². The summed E-state index contributed by atoms with van der Waals surface area (Å²) in [6, 6.07) is 12.3. The van der Waals surface area contributed by atoms with Gasteiger partial charge in [0.2, 0.25) is 0 Å². The lowest BCUT2D eigenvalue weighted by molar-refractivity contribution is 1.47. The van der Waals surface area contributed by atoms with E-state index in [4.69, 9.17) is 0 Å². The Bertz CT molecular complexity index is 529. The monoisotopic (exact) mass is 200 g/mol. The van der Waals surface area contributed by atoms with Crippen molar-refractivity contribution in [2.24, 2.45) is 4.99 Å². The summed E-state index contributed by atoms with van der Waals surface area (Å²) in [6.45, 7) is 0. The number of thiol groups is 1. The molecular weight excluding hydrogens is 192 g/mol. The Morgan fingerprint density at radius 2 is 1.86 bits per heavy atom. The van der Waals surface area contributed by atoms with Crippen LogP contribution in [0.25, 0.3) is 10.8 Å². The van der Waals surface area contributed by atoms with Crippen LogP contribution in [0, 0.1) is 0 Å². The average molecular weight is 200 g/mol. The largest absolute Gasteiger partial charge is 0.276 e. The highest BCUT2D eigenvalue weighted by Crippen LogP contribution is 2.37. The predicted molar refractivity (Wildman–Crippen MR) is 63.6 cm³/mol. The molecule has 0 saturated carbocycles. The predicted octanol–water partition coefficient (Wildman–Crippen LogP) is 3.16. The quantitative estimate of drug-likeness (QED) is 0.646. The average Bonchev–Trinajstić information content (AvgIpc) is 2.24. The molecule has 0 N–H and O–H groups in total. The van der Waals surface area contributed by atoms with E-state index in [0.29, 0.717) is 0 Å². The van der Waals surface area contributed by atoms with Crippen LogP contribution in [0.3, 0.4) is 0 Å². The molecule has 0 fully saturated rings. The molecule has 2 aromatic rings. The van der Waals surface area contributed by atoms with E-state index < -0.39 is 0 Å². The summed E-state index contributed by atoms with van der Waals surface area (Å²) in [6.07, 6.45) is 1.72. The fraction of sp³-hybridized carbons (Fsp3) is 0. The SMILES string of the molecule is SN1C=Nc2cccc3cccc1c23. The molecule has 0 spiro atoms. The topological polar surface area (TPSA) is 15.6 Å². The third-order valence-electron chi connectivity index (χ3n) is 2.41. The van der Waals surface area contributed by atoms with Crippen molar-refractivity contribution in [1.29, 1.82) is 0 Å². The zero-order valence-electron chi connectivity index (χ0n) is 7.38. The van der Waals surface area contributed by atoms with Gasteiger partial charge in [0.05, 0.1) is 11.4 Å². The molecule has 2 nitrogen and oxygen atoms in total. The van der Waals surface area contributed by atoms with E-state index in [0.717, 1.165) is 11.4 Å². The first-order valence-electron chi connectivity index (χ1n) is 4.40. The summed E-state index contributed by atoms with van der Waals surface area (Å²) in [5.74, 6) is 0. The van der Waals surface area contributed by atoms with Crippen LogP contribution in [0.15, 0.2) is 41.4 Å². The van der Waals surface area contributed by atoms with Gasteiger partial charge in [-0.15, -0.1) is 0 Å². The van der Waals surface area contributed by atoms with E-state index in [1.54, 1.807) is 10.6 Å². The highest BCUT2D eigenvalue weighted by Gasteiger charge is 2.12. The maximum absolute atomic E-state index is 4.32. The van der Waals surface area contributed by atoms with Crippen molar-refractivity contribution in [3.05, 3.63) is 36.4 Å². The molecule has 0 atom stereocenters. The number of hydrogen-bond donors (Lipinski definition) is 1. The molecule has 0 radical (unpaired) electrons. The van der Waals surface area contributed by atoms with Crippen LogP contribution in [0.1, 0.15) is 0 Å². The normalized spacial score (nSPS) is 13.6. The lowest BCUT2D eigenvalue weighted by atomic mass is 10.1. The van der Waals surface area contributed by atoms with Crippen LogP contribution < -0.4 is 4.31 Å². The van der Waals surface area contributed by atoms with Crippen LogP contribution in [0.2, 0.25) is 0 Å². The van der Waals surface area contributed by atoms with Crippen molar-refractivity contribution in [3.63, 3.8) is 0 Å². The van der Waals surface area contributed by atoms with Crippen LogP contribution in [-0.2, 0) is 0 Å². The molecule has 0 bridgehead atoms. The second kappa shape index (κ2) is 2.75. The van der Waals surface area contributed by atoms with Gasteiger partial charge < -0.3 is 0 Å². The molecule has 1 heterocycles. The molecular formula is C11H8N2S. The van der Waals surface area contributed by atoms with E-state index in [2.05, 4.69) is 29.9 Å². The molecule has 68 valence electrons. The van der Waals surface area contributed by atoms with Gasteiger partial charge in [0.15, 0.2) is 0 Å². The first-order chi connectivity index (χ1) is 6.86. The number of hydrogen-bond acceptors (Lipinski definition) is 3. The van der Waals surface area contributed by atoms with Crippen molar-refractivity contribution < 1.29 is 0 Å². The molecule has 0 amide bonds. The lowest BCUT2D eigenvalue weighted by Gasteiger charge is -2.19. The highest BCUT2D eigenvalue weighted by molar-refractivity contribution is 7.82. The van der Waals surface area contributed by atoms with Crippen molar-refractivity contribution in [3.8, 4) is 0 Å². The standard InChI is InChI=1S/C11H8N2S/c14-13-7-12-9-5-1-3-8-4-2-6-10(13)11(8)9/h1-7,14H. The fourth-order valence-electron chi connectivity index (χ4n) is 1.78. The summed E-state index contributed by atoms with van der Waals surface area (Å²) < 4.78 is 1.75. The molecule has 2 aromatic carbocycles. The van der Waals surface area contributed by atoms with Gasteiger partial charge >= 0.3 is 0 Å². The molecule has 3 heteroatoms. The van der Waals surface area contributed by atoms with Crippen LogP contribution in [0.5, 0.6) is 0 Å². The van der Waals surface area contributed by atoms with Crippen LogP contribution >= 0.6 is 12.8 Å². The van der Waals surface area contributed by atoms with Gasteiger partial charge in [-0.2, -0.15) is 0 Å². The Morgan fingerprint density at radius 1 is 1.07 bits per heavy atom. The Hall–Kier alpha value is -1.48. The van der Waals surface area contributed by atoms with Gasteiger partial charge in [-0.05, 0) is 17.5 Å². The van der Waals surface area contributed by atoms with Crippen molar-refractivity contribution in [2.45, 2.75) is 0 Å². The van der Waals surface area contributed by atoms with Gasteiger partial charge in [-0.1, -0.05) is 37.1 Å². The first-order valence-corrected chi connectivity index (χ1v) is 4.80. The van der Waals surface area contributed by atoms with Gasteiger partial charge in [-0.25, -0.2) is 4.99 Å². The number of benzene rings is 2. The number of nitrogens with zero attached hydrogens (tertiary/aromatic N) is 2. The molecule has 0 saturated heterocycles. The van der Waals surface area contributed by atoms with Gasteiger partial charge in [-0.3, -0.25) is 4.31 Å². The Balaban J connectivity index is 2.52. The van der Waals surface area contributed by atoms with E-state index >= 15 is 0 Å². The summed E-state index contributed by atoms with van der Waals surface area (Å²) in [7, 11) is 0. The molecule has 14 heavy (non-hydrogen) atoms. The third-order valence-corrected chi connectivity index (χ3v) is 2.73. The summed E-state index contributed by atoms with van der Waals surface area (Å²) in [5, 5.41) is 2.38. The summed E-state index contributed by atoms with van der Waals surface area (Å²) in [4.78, 5) is 4.32.